The van der Waals surface area contributed by atoms with Crippen LogP contribution in [0.5, 0.6) is 0 Å². The minimum atomic E-state index is 0.145. The summed E-state index contributed by atoms with van der Waals surface area (Å²) in [6, 6.07) is 2.16. The van der Waals surface area contributed by atoms with Gasteiger partial charge in [-0.3, -0.25) is 0 Å². The van der Waals surface area contributed by atoms with Crippen molar-refractivity contribution in [3.63, 3.8) is 0 Å². The van der Waals surface area contributed by atoms with Crippen LogP contribution in [0.25, 0.3) is 0 Å². The molecule has 0 bridgehead atoms. The number of hydrogen-bond donors (Lipinski definition) is 0. The summed E-state index contributed by atoms with van der Waals surface area (Å²) >= 11 is 0. The minimum absolute atomic E-state index is 0.145. The number of aromatic nitrogens is 2. The molecule has 0 unspecified atom stereocenters. The van der Waals surface area contributed by atoms with Crippen LogP contribution < -0.4 is 0 Å². The highest BCUT2D eigenvalue weighted by molar-refractivity contribution is 5.21. The van der Waals surface area contributed by atoms with Crippen LogP contribution in [0, 0.1) is 0 Å². The van der Waals surface area contributed by atoms with Gasteiger partial charge in [0.15, 0.2) is 0 Å². The molecule has 0 aliphatic heterocycles. The topological polar surface area (TPSA) is 25.8 Å². The van der Waals surface area contributed by atoms with Crippen molar-refractivity contribution < 1.29 is 0 Å². The lowest BCUT2D eigenvalue weighted by Crippen LogP contribution is -2.14. The van der Waals surface area contributed by atoms with Crippen molar-refractivity contribution in [1.82, 2.24) is 9.97 Å². The maximum Gasteiger partial charge on any atom is 0.115 e. The fourth-order valence-corrected chi connectivity index (χ4v) is 1.38. The quantitative estimate of drug-likeness (QED) is 0.657. The zero-order valence-corrected chi connectivity index (χ0v) is 8.54. The Labute approximate surface area is 79.4 Å². The standard InChI is InChI=1S/C11H16N2/c1-11(2,3)10-6-9(8-4-5-8)12-7-13-10/h6-8H,4-5H2,1-3H3. The Morgan fingerprint density at radius 1 is 1.23 bits per heavy atom. The number of nitrogens with zero attached hydrogens (tertiary/aromatic N) is 2. The van der Waals surface area contributed by atoms with E-state index in [-0.39, 0.29) is 5.41 Å². The van der Waals surface area contributed by atoms with E-state index in [1.807, 2.05) is 0 Å². The third-order valence-electron chi connectivity index (χ3n) is 2.45. The van der Waals surface area contributed by atoms with E-state index in [0.717, 1.165) is 11.6 Å². The molecule has 2 nitrogen and oxygen atoms in total. The van der Waals surface area contributed by atoms with E-state index in [1.54, 1.807) is 6.33 Å². The molecular weight excluding hydrogens is 160 g/mol. The SMILES string of the molecule is CC(C)(C)c1cc(C2CC2)ncn1. The predicted octanol–water partition coefficient (Wildman–Crippen LogP) is 2.65. The van der Waals surface area contributed by atoms with Gasteiger partial charge in [0.2, 0.25) is 0 Å². The third-order valence-corrected chi connectivity index (χ3v) is 2.45. The summed E-state index contributed by atoms with van der Waals surface area (Å²) in [5, 5.41) is 0. The third kappa shape index (κ3) is 1.87. The van der Waals surface area contributed by atoms with Crippen molar-refractivity contribution >= 4 is 0 Å². The Balaban J connectivity index is 2.32. The molecule has 0 radical (unpaired) electrons. The molecule has 0 amide bonds. The van der Waals surface area contributed by atoms with Crippen LogP contribution in [-0.2, 0) is 5.41 Å². The fraction of sp³-hybridized carbons (Fsp3) is 0.636. The minimum Gasteiger partial charge on any atom is -0.241 e. The molecule has 2 heteroatoms. The molecule has 0 saturated heterocycles. The van der Waals surface area contributed by atoms with Gasteiger partial charge in [0.05, 0.1) is 0 Å². The van der Waals surface area contributed by atoms with Gasteiger partial charge in [-0.1, -0.05) is 20.8 Å². The number of hydrogen-bond acceptors (Lipinski definition) is 2. The Morgan fingerprint density at radius 3 is 2.46 bits per heavy atom. The van der Waals surface area contributed by atoms with E-state index in [1.165, 1.54) is 18.5 Å². The second-order valence-electron chi connectivity index (χ2n) is 4.85. The van der Waals surface area contributed by atoms with Gasteiger partial charge < -0.3 is 0 Å². The normalized spacial score (nSPS) is 17.5. The lowest BCUT2D eigenvalue weighted by Gasteiger charge is -2.17. The largest absolute Gasteiger partial charge is 0.241 e. The first-order valence-corrected chi connectivity index (χ1v) is 4.90. The van der Waals surface area contributed by atoms with Crippen LogP contribution in [-0.4, -0.2) is 9.97 Å². The Kier molecular flexibility index (Phi) is 1.86. The van der Waals surface area contributed by atoms with E-state index < -0.39 is 0 Å². The van der Waals surface area contributed by atoms with Crippen molar-refractivity contribution in [1.29, 1.82) is 0 Å². The first-order valence-electron chi connectivity index (χ1n) is 4.90. The summed E-state index contributed by atoms with van der Waals surface area (Å²) in [6.45, 7) is 6.56. The fourth-order valence-electron chi connectivity index (χ4n) is 1.38. The van der Waals surface area contributed by atoms with Gasteiger partial charge >= 0.3 is 0 Å². The highest BCUT2D eigenvalue weighted by atomic mass is 14.9. The molecule has 1 aliphatic carbocycles. The Bertz CT molecular complexity index is 308. The van der Waals surface area contributed by atoms with Crippen LogP contribution in [0.3, 0.4) is 0 Å². The second-order valence-corrected chi connectivity index (χ2v) is 4.85. The van der Waals surface area contributed by atoms with Gasteiger partial charge in [0.25, 0.3) is 0 Å². The second kappa shape index (κ2) is 2.79. The monoisotopic (exact) mass is 176 g/mol. The van der Waals surface area contributed by atoms with E-state index in [4.69, 9.17) is 0 Å². The maximum atomic E-state index is 4.31. The van der Waals surface area contributed by atoms with E-state index in [2.05, 4.69) is 36.8 Å². The van der Waals surface area contributed by atoms with E-state index >= 15 is 0 Å². The predicted molar refractivity (Wildman–Crippen MR) is 52.7 cm³/mol. The average molecular weight is 176 g/mol. The summed E-state index contributed by atoms with van der Waals surface area (Å²) in [5.41, 5.74) is 2.54. The summed E-state index contributed by atoms with van der Waals surface area (Å²) < 4.78 is 0. The smallest absolute Gasteiger partial charge is 0.115 e. The van der Waals surface area contributed by atoms with Gasteiger partial charge in [-0.25, -0.2) is 9.97 Å². The molecule has 2 rings (SSSR count). The molecule has 1 saturated carbocycles. The molecule has 1 aromatic heterocycles. The summed E-state index contributed by atoms with van der Waals surface area (Å²) in [7, 11) is 0. The van der Waals surface area contributed by atoms with Gasteiger partial charge in [0, 0.05) is 22.7 Å². The van der Waals surface area contributed by atoms with Crippen molar-refractivity contribution in [2.24, 2.45) is 0 Å². The Hall–Kier alpha value is -0.920. The average Bonchev–Trinajstić information content (AvgIpc) is 2.85. The maximum absolute atomic E-state index is 4.31. The summed E-state index contributed by atoms with van der Waals surface area (Å²) in [6.07, 6.45) is 4.31. The molecule has 1 fully saturated rings. The zero-order chi connectivity index (χ0) is 9.47. The van der Waals surface area contributed by atoms with Crippen molar-refractivity contribution in [3.8, 4) is 0 Å². The molecule has 13 heavy (non-hydrogen) atoms. The highest BCUT2D eigenvalue weighted by Gasteiger charge is 2.26. The van der Waals surface area contributed by atoms with Crippen molar-refractivity contribution in [2.75, 3.05) is 0 Å². The molecule has 70 valence electrons. The molecule has 0 aromatic carbocycles. The van der Waals surface area contributed by atoms with Crippen LogP contribution in [0.4, 0.5) is 0 Å². The zero-order valence-electron chi connectivity index (χ0n) is 8.54. The van der Waals surface area contributed by atoms with Crippen LogP contribution >= 0.6 is 0 Å². The molecule has 1 aliphatic rings. The van der Waals surface area contributed by atoms with E-state index in [9.17, 15) is 0 Å². The lowest BCUT2D eigenvalue weighted by atomic mass is 9.91. The lowest BCUT2D eigenvalue weighted by molar-refractivity contribution is 0.565. The van der Waals surface area contributed by atoms with Gasteiger partial charge in [-0.15, -0.1) is 0 Å². The Morgan fingerprint density at radius 2 is 1.92 bits per heavy atom. The molecule has 0 spiro atoms. The first kappa shape index (κ1) is 8.67. The summed E-state index contributed by atoms with van der Waals surface area (Å²) in [5.74, 6) is 0.726. The first-order chi connectivity index (χ1) is 6.07. The highest BCUT2D eigenvalue weighted by Crippen LogP contribution is 2.39. The van der Waals surface area contributed by atoms with Crippen LogP contribution in [0.2, 0.25) is 0 Å². The summed E-state index contributed by atoms with van der Waals surface area (Å²) in [4.78, 5) is 8.61. The van der Waals surface area contributed by atoms with Gasteiger partial charge in [-0.05, 0) is 18.9 Å². The molecule has 0 N–H and O–H groups in total. The van der Waals surface area contributed by atoms with Gasteiger partial charge in [-0.2, -0.15) is 0 Å². The number of rotatable bonds is 1. The van der Waals surface area contributed by atoms with Crippen LogP contribution in [0.15, 0.2) is 12.4 Å². The van der Waals surface area contributed by atoms with E-state index in [0.29, 0.717) is 0 Å². The van der Waals surface area contributed by atoms with Crippen molar-refractivity contribution in [3.05, 3.63) is 23.8 Å². The molecular formula is C11H16N2. The van der Waals surface area contributed by atoms with Gasteiger partial charge in [0.1, 0.15) is 6.33 Å². The van der Waals surface area contributed by atoms with Crippen molar-refractivity contribution in [2.45, 2.75) is 44.9 Å². The molecule has 1 heterocycles. The molecule has 1 aromatic rings. The molecule has 0 atom stereocenters. The van der Waals surface area contributed by atoms with Crippen LogP contribution in [0.1, 0.15) is 50.9 Å².